The van der Waals surface area contributed by atoms with Gasteiger partial charge in [-0.2, -0.15) is 18.6 Å². The van der Waals surface area contributed by atoms with Crippen LogP contribution in [0.25, 0.3) is 16.5 Å². The summed E-state index contributed by atoms with van der Waals surface area (Å²) in [6, 6.07) is 11.0. The van der Waals surface area contributed by atoms with Crippen molar-refractivity contribution in [1.29, 1.82) is 0 Å². The molecule has 0 saturated carbocycles. The average molecular weight is 492 g/mol. The number of hydrogen-bond acceptors (Lipinski definition) is 7. The molecule has 0 saturated heterocycles. The van der Waals surface area contributed by atoms with Gasteiger partial charge in [-0.05, 0) is 30.5 Å². The molecular weight excluding hydrogens is 476 g/mol. The first-order chi connectivity index (χ1) is 15.7. The predicted octanol–water partition coefficient (Wildman–Crippen LogP) is 3.24. The molecule has 0 bridgehead atoms. The summed E-state index contributed by atoms with van der Waals surface area (Å²) in [6.45, 7) is 1.60. The predicted molar refractivity (Wildman–Crippen MR) is 118 cm³/mol. The molecule has 13 heteroatoms. The summed E-state index contributed by atoms with van der Waals surface area (Å²) < 4.78 is 51.5. The SMILES string of the molecule is Cc1cc(=O)[nH]c(-n2nc(-c3cccs3)cc2NC(=O)c2ccccc2S(=O)(=O)C(F)F)n1. The van der Waals surface area contributed by atoms with Gasteiger partial charge in [0.05, 0.1) is 15.3 Å². The summed E-state index contributed by atoms with van der Waals surface area (Å²) in [5.74, 6) is -4.60. The Bertz CT molecular complexity index is 1490. The minimum atomic E-state index is -5.02. The summed E-state index contributed by atoms with van der Waals surface area (Å²) in [5, 5.41) is 8.71. The molecule has 4 rings (SSSR count). The van der Waals surface area contributed by atoms with Crippen molar-refractivity contribution in [3.05, 3.63) is 75.5 Å². The highest BCUT2D eigenvalue weighted by Gasteiger charge is 2.31. The molecule has 33 heavy (non-hydrogen) atoms. The van der Waals surface area contributed by atoms with E-state index in [4.69, 9.17) is 0 Å². The quantitative estimate of drug-likeness (QED) is 0.426. The molecule has 0 aliphatic rings. The van der Waals surface area contributed by atoms with Crippen LogP contribution in [0.5, 0.6) is 0 Å². The fourth-order valence-corrected chi connectivity index (χ4v) is 4.63. The molecule has 0 atom stereocenters. The van der Waals surface area contributed by atoms with Gasteiger partial charge in [-0.15, -0.1) is 11.3 Å². The van der Waals surface area contributed by atoms with E-state index in [1.165, 1.54) is 40.3 Å². The minimum Gasteiger partial charge on any atom is -0.306 e. The molecule has 3 aromatic heterocycles. The molecule has 0 fully saturated rings. The monoisotopic (exact) mass is 491 g/mol. The van der Waals surface area contributed by atoms with Crippen LogP contribution in [0, 0.1) is 6.92 Å². The number of carbonyl (C=O) groups is 1. The maximum absolute atomic E-state index is 13.1. The molecule has 0 aliphatic heterocycles. The smallest absolute Gasteiger partial charge is 0.306 e. The van der Waals surface area contributed by atoms with Crippen molar-refractivity contribution in [2.24, 2.45) is 0 Å². The standard InChI is InChI=1S/C20H15F2N5O4S2/c1-11-9-17(28)25-20(23-11)27-16(10-13(26-27)14-6-4-8-32-14)24-18(29)12-5-2-3-7-15(12)33(30,31)19(21)22/h2-10,19H,1H3,(H,24,29)(H,23,25,28). The zero-order valence-corrected chi connectivity index (χ0v) is 18.5. The second-order valence-corrected chi connectivity index (χ2v) is 9.60. The van der Waals surface area contributed by atoms with Crippen molar-refractivity contribution >= 4 is 32.9 Å². The Balaban J connectivity index is 1.81. The number of carbonyl (C=O) groups excluding carboxylic acids is 1. The molecule has 0 aliphatic carbocycles. The van der Waals surface area contributed by atoms with Crippen LogP contribution in [-0.2, 0) is 9.84 Å². The van der Waals surface area contributed by atoms with E-state index >= 15 is 0 Å². The van der Waals surface area contributed by atoms with Crippen LogP contribution in [0.1, 0.15) is 16.1 Å². The van der Waals surface area contributed by atoms with E-state index in [0.717, 1.165) is 17.0 Å². The van der Waals surface area contributed by atoms with Crippen LogP contribution in [0.2, 0.25) is 0 Å². The van der Waals surface area contributed by atoms with Gasteiger partial charge in [0.2, 0.25) is 15.8 Å². The molecule has 0 spiro atoms. The summed E-state index contributed by atoms with van der Waals surface area (Å²) in [6.07, 6.45) is 0. The Labute approximate surface area is 189 Å². The third kappa shape index (κ3) is 4.45. The first kappa shape index (κ1) is 22.5. The van der Waals surface area contributed by atoms with E-state index in [1.54, 1.807) is 19.1 Å². The first-order valence-electron chi connectivity index (χ1n) is 9.31. The molecule has 170 valence electrons. The van der Waals surface area contributed by atoms with E-state index in [0.29, 0.717) is 11.4 Å². The number of aryl methyl sites for hydroxylation is 1. The Morgan fingerprint density at radius 2 is 1.94 bits per heavy atom. The molecule has 3 heterocycles. The van der Waals surface area contributed by atoms with Gasteiger partial charge in [0.15, 0.2) is 0 Å². The summed E-state index contributed by atoms with van der Waals surface area (Å²) in [4.78, 5) is 31.6. The largest absolute Gasteiger partial charge is 0.341 e. The highest BCUT2D eigenvalue weighted by Crippen LogP contribution is 2.28. The van der Waals surface area contributed by atoms with Gasteiger partial charge in [-0.1, -0.05) is 18.2 Å². The molecule has 2 N–H and O–H groups in total. The number of anilines is 1. The molecule has 1 amide bonds. The number of benzene rings is 1. The number of rotatable bonds is 6. The zero-order chi connectivity index (χ0) is 23.8. The second-order valence-electron chi connectivity index (χ2n) is 6.77. The van der Waals surface area contributed by atoms with Gasteiger partial charge in [0, 0.05) is 17.8 Å². The van der Waals surface area contributed by atoms with E-state index in [9.17, 15) is 26.8 Å². The van der Waals surface area contributed by atoms with Gasteiger partial charge in [-0.25, -0.2) is 13.4 Å². The maximum atomic E-state index is 13.1. The lowest BCUT2D eigenvalue weighted by Gasteiger charge is -2.11. The fourth-order valence-electron chi connectivity index (χ4n) is 3.02. The third-order valence-electron chi connectivity index (χ3n) is 4.46. The molecule has 9 nitrogen and oxygen atoms in total. The molecule has 4 aromatic rings. The Morgan fingerprint density at radius 3 is 2.61 bits per heavy atom. The number of aromatic amines is 1. The summed E-state index contributed by atoms with van der Waals surface area (Å²) in [5.41, 5.74) is -0.0734. The van der Waals surface area contributed by atoms with E-state index < -0.39 is 37.5 Å². The lowest BCUT2D eigenvalue weighted by Crippen LogP contribution is -2.22. The van der Waals surface area contributed by atoms with Crippen LogP contribution >= 0.6 is 11.3 Å². The topological polar surface area (TPSA) is 127 Å². The lowest BCUT2D eigenvalue weighted by atomic mass is 10.2. The molecule has 0 unspecified atom stereocenters. The van der Waals surface area contributed by atoms with Crippen LogP contribution in [0.15, 0.2) is 63.6 Å². The average Bonchev–Trinajstić information content (AvgIpc) is 3.43. The minimum absolute atomic E-state index is 0.00610. The number of thiophene rings is 1. The number of aromatic nitrogens is 4. The van der Waals surface area contributed by atoms with Crippen molar-refractivity contribution in [2.45, 2.75) is 17.6 Å². The van der Waals surface area contributed by atoms with Crippen molar-refractivity contribution in [3.63, 3.8) is 0 Å². The number of amides is 1. The number of hydrogen-bond donors (Lipinski definition) is 2. The van der Waals surface area contributed by atoms with Gasteiger partial charge in [0.25, 0.3) is 11.5 Å². The van der Waals surface area contributed by atoms with Crippen LogP contribution in [-0.4, -0.2) is 39.8 Å². The number of halogens is 2. The summed E-state index contributed by atoms with van der Waals surface area (Å²) in [7, 11) is -5.02. The normalized spacial score (nSPS) is 11.6. The number of nitrogens with zero attached hydrogens (tertiary/aromatic N) is 3. The molecule has 1 aromatic carbocycles. The Morgan fingerprint density at radius 1 is 1.18 bits per heavy atom. The number of sulfone groups is 1. The Hall–Kier alpha value is -3.71. The van der Waals surface area contributed by atoms with Gasteiger partial charge < -0.3 is 5.32 Å². The summed E-state index contributed by atoms with van der Waals surface area (Å²) >= 11 is 1.38. The van der Waals surface area contributed by atoms with Crippen molar-refractivity contribution in [3.8, 4) is 16.5 Å². The van der Waals surface area contributed by atoms with Gasteiger partial charge in [0.1, 0.15) is 11.5 Å². The molecule has 0 radical (unpaired) electrons. The van der Waals surface area contributed by atoms with Crippen LogP contribution in [0.3, 0.4) is 0 Å². The third-order valence-corrected chi connectivity index (χ3v) is 6.79. The van der Waals surface area contributed by atoms with Crippen molar-refractivity contribution in [2.75, 3.05) is 5.32 Å². The molecular formula is C20H15F2N5O4S2. The lowest BCUT2D eigenvalue weighted by molar-refractivity contribution is 0.102. The van der Waals surface area contributed by atoms with Gasteiger partial charge >= 0.3 is 5.76 Å². The highest BCUT2D eigenvalue weighted by molar-refractivity contribution is 7.91. The van der Waals surface area contributed by atoms with Crippen molar-refractivity contribution < 1.29 is 22.0 Å². The number of H-pyrrole nitrogens is 1. The number of alkyl halides is 2. The zero-order valence-electron chi connectivity index (χ0n) is 16.8. The Kier molecular flexibility index (Phi) is 5.91. The maximum Gasteiger partial charge on any atom is 0.341 e. The highest BCUT2D eigenvalue weighted by atomic mass is 32.2. The van der Waals surface area contributed by atoms with Crippen molar-refractivity contribution in [1.82, 2.24) is 19.7 Å². The number of nitrogens with one attached hydrogen (secondary N) is 2. The van der Waals surface area contributed by atoms with E-state index in [2.05, 4.69) is 20.4 Å². The van der Waals surface area contributed by atoms with E-state index in [-0.39, 0.29) is 11.8 Å². The van der Waals surface area contributed by atoms with E-state index in [1.807, 2.05) is 5.38 Å². The fraction of sp³-hybridized carbons (Fsp3) is 0.100. The van der Waals surface area contributed by atoms with Crippen LogP contribution in [0.4, 0.5) is 14.6 Å². The first-order valence-corrected chi connectivity index (χ1v) is 11.7. The second kappa shape index (κ2) is 8.67. The van der Waals surface area contributed by atoms with Gasteiger partial charge in [-0.3, -0.25) is 14.6 Å². The van der Waals surface area contributed by atoms with Crippen LogP contribution < -0.4 is 10.9 Å².